The summed E-state index contributed by atoms with van der Waals surface area (Å²) in [5.41, 5.74) is 2.61. The zero-order valence-electron chi connectivity index (χ0n) is 9.73. The first-order valence-electron chi connectivity index (χ1n) is 6.13. The predicted octanol–water partition coefficient (Wildman–Crippen LogP) is 1.57. The van der Waals surface area contributed by atoms with Gasteiger partial charge in [-0.25, -0.2) is 9.97 Å². The molecule has 1 atom stereocenters. The van der Waals surface area contributed by atoms with Crippen LogP contribution in [0.5, 0.6) is 0 Å². The Morgan fingerprint density at radius 1 is 1.41 bits per heavy atom. The Bertz CT molecular complexity index is 413. The molecule has 1 aliphatic carbocycles. The number of fused-ring (bicyclic) bond motifs is 1. The van der Waals surface area contributed by atoms with Crippen LogP contribution in [-0.4, -0.2) is 41.1 Å². The summed E-state index contributed by atoms with van der Waals surface area (Å²) >= 11 is 3.56. The van der Waals surface area contributed by atoms with Gasteiger partial charge >= 0.3 is 0 Å². The molecule has 1 aliphatic heterocycles. The van der Waals surface area contributed by atoms with E-state index in [2.05, 4.69) is 30.8 Å². The van der Waals surface area contributed by atoms with Crippen LogP contribution in [0.3, 0.4) is 0 Å². The van der Waals surface area contributed by atoms with E-state index in [1.807, 2.05) is 0 Å². The second-order valence-electron chi connectivity index (χ2n) is 4.55. The van der Waals surface area contributed by atoms with Crippen LogP contribution in [0.25, 0.3) is 0 Å². The number of rotatable bonds is 2. The number of nitrogens with zero attached hydrogens (tertiary/aromatic N) is 3. The van der Waals surface area contributed by atoms with Gasteiger partial charge < -0.3 is 9.64 Å². The van der Waals surface area contributed by atoms with Crippen molar-refractivity contribution in [2.75, 3.05) is 30.0 Å². The number of anilines is 1. The Hall–Kier alpha value is -0.680. The van der Waals surface area contributed by atoms with Crippen LogP contribution >= 0.6 is 15.9 Å². The number of aryl methyl sites for hydroxylation is 1. The topological polar surface area (TPSA) is 38.2 Å². The zero-order chi connectivity index (χ0) is 11.7. The van der Waals surface area contributed by atoms with Gasteiger partial charge in [0.2, 0.25) is 0 Å². The van der Waals surface area contributed by atoms with Crippen molar-refractivity contribution in [1.29, 1.82) is 0 Å². The first kappa shape index (κ1) is 11.4. The Morgan fingerprint density at radius 3 is 3.24 bits per heavy atom. The zero-order valence-corrected chi connectivity index (χ0v) is 11.3. The molecule has 4 nitrogen and oxygen atoms in total. The summed E-state index contributed by atoms with van der Waals surface area (Å²) in [5, 5.41) is 0.922. The third-order valence-corrected chi connectivity index (χ3v) is 4.28. The number of ether oxygens (including phenoxy) is 1. The molecule has 3 rings (SSSR count). The lowest BCUT2D eigenvalue weighted by Gasteiger charge is -2.36. The highest BCUT2D eigenvalue weighted by atomic mass is 79.9. The van der Waals surface area contributed by atoms with Gasteiger partial charge in [-0.05, 0) is 19.3 Å². The summed E-state index contributed by atoms with van der Waals surface area (Å²) < 4.78 is 5.53. The number of aromatic nitrogens is 2. The Balaban J connectivity index is 1.95. The summed E-state index contributed by atoms with van der Waals surface area (Å²) in [6.07, 6.45) is 5.15. The van der Waals surface area contributed by atoms with Gasteiger partial charge in [-0.15, -0.1) is 0 Å². The Labute approximate surface area is 110 Å². The van der Waals surface area contributed by atoms with E-state index in [9.17, 15) is 0 Å². The van der Waals surface area contributed by atoms with Crippen LogP contribution in [0.4, 0.5) is 5.82 Å². The van der Waals surface area contributed by atoms with Crippen LogP contribution in [-0.2, 0) is 17.6 Å². The van der Waals surface area contributed by atoms with Crippen molar-refractivity contribution in [1.82, 2.24) is 9.97 Å². The number of alkyl halides is 1. The standard InChI is InChI=1S/C12H16BrN3O/c13-6-9-7-17-5-4-16(9)12-10-2-1-3-11(10)14-8-15-12/h8-9H,1-7H2. The van der Waals surface area contributed by atoms with E-state index >= 15 is 0 Å². The molecule has 1 saturated heterocycles. The molecule has 1 aromatic rings. The van der Waals surface area contributed by atoms with Gasteiger partial charge in [-0.1, -0.05) is 15.9 Å². The van der Waals surface area contributed by atoms with E-state index in [-0.39, 0.29) is 0 Å². The third kappa shape index (κ3) is 2.06. The van der Waals surface area contributed by atoms with Crippen molar-refractivity contribution in [3.05, 3.63) is 17.6 Å². The third-order valence-electron chi connectivity index (χ3n) is 3.53. The minimum absolute atomic E-state index is 0.392. The van der Waals surface area contributed by atoms with E-state index in [1.165, 1.54) is 17.7 Å². The maximum absolute atomic E-state index is 5.53. The molecule has 0 bridgehead atoms. The van der Waals surface area contributed by atoms with Crippen LogP contribution in [0.15, 0.2) is 6.33 Å². The van der Waals surface area contributed by atoms with Gasteiger partial charge in [0.25, 0.3) is 0 Å². The smallest absolute Gasteiger partial charge is 0.135 e. The van der Waals surface area contributed by atoms with Crippen LogP contribution < -0.4 is 4.90 Å². The summed E-state index contributed by atoms with van der Waals surface area (Å²) in [6, 6.07) is 0.392. The molecule has 5 heteroatoms. The molecular weight excluding hydrogens is 282 g/mol. The number of hydrogen-bond donors (Lipinski definition) is 0. The minimum atomic E-state index is 0.392. The van der Waals surface area contributed by atoms with Crippen molar-refractivity contribution in [2.45, 2.75) is 25.3 Å². The molecule has 1 aromatic heterocycles. The first-order chi connectivity index (χ1) is 8.40. The largest absolute Gasteiger partial charge is 0.377 e. The molecular formula is C12H16BrN3O. The maximum Gasteiger partial charge on any atom is 0.135 e. The van der Waals surface area contributed by atoms with Crippen molar-refractivity contribution < 1.29 is 4.74 Å². The van der Waals surface area contributed by atoms with Crippen molar-refractivity contribution in [3.8, 4) is 0 Å². The maximum atomic E-state index is 5.53. The Kier molecular flexibility index (Phi) is 3.29. The van der Waals surface area contributed by atoms with Gasteiger partial charge in [0.1, 0.15) is 12.1 Å². The van der Waals surface area contributed by atoms with E-state index in [1.54, 1.807) is 6.33 Å². The fourth-order valence-electron chi connectivity index (χ4n) is 2.65. The number of morpholine rings is 1. The lowest BCUT2D eigenvalue weighted by Crippen LogP contribution is -2.47. The normalized spacial score (nSPS) is 23.8. The molecule has 0 N–H and O–H groups in total. The highest BCUT2D eigenvalue weighted by Crippen LogP contribution is 2.29. The van der Waals surface area contributed by atoms with Gasteiger partial charge in [0.15, 0.2) is 0 Å². The lowest BCUT2D eigenvalue weighted by atomic mass is 10.2. The van der Waals surface area contributed by atoms with Gasteiger partial charge in [-0.3, -0.25) is 0 Å². The van der Waals surface area contributed by atoms with Crippen molar-refractivity contribution >= 4 is 21.7 Å². The fraction of sp³-hybridized carbons (Fsp3) is 0.667. The van der Waals surface area contributed by atoms with E-state index in [0.717, 1.165) is 43.7 Å². The summed E-state index contributed by atoms with van der Waals surface area (Å²) in [6.45, 7) is 2.51. The average molecular weight is 298 g/mol. The molecule has 92 valence electrons. The molecule has 0 aromatic carbocycles. The second-order valence-corrected chi connectivity index (χ2v) is 5.20. The van der Waals surface area contributed by atoms with Gasteiger partial charge in [-0.2, -0.15) is 0 Å². The highest BCUT2D eigenvalue weighted by Gasteiger charge is 2.27. The van der Waals surface area contributed by atoms with E-state index in [0.29, 0.717) is 6.04 Å². The monoisotopic (exact) mass is 297 g/mol. The van der Waals surface area contributed by atoms with Gasteiger partial charge in [0, 0.05) is 23.1 Å². The van der Waals surface area contributed by atoms with Crippen molar-refractivity contribution in [2.24, 2.45) is 0 Å². The molecule has 0 saturated carbocycles. The predicted molar refractivity (Wildman–Crippen MR) is 69.8 cm³/mol. The summed E-state index contributed by atoms with van der Waals surface area (Å²) in [7, 11) is 0. The molecule has 0 amide bonds. The van der Waals surface area contributed by atoms with Crippen LogP contribution in [0.1, 0.15) is 17.7 Å². The van der Waals surface area contributed by atoms with E-state index in [4.69, 9.17) is 4.74 Å². The minimum Gasteiger partial charge on any atom is -0.377 e. The fourth-order valence-corrected chi connectivity index (χ4v) is 3.19. The van der Waals surface area contributed by atoms with E-state index < -0.39 is 0 Å². The van der Waals surface area contributed by atoms with Crippen LogP contribution in [0.2, 0.25) is 0 Å². The molecule has 2 aliphatic rings. The summed E-state index contributed by atoms with van der Waals surface area (Å²) in [5.74, 6) is 1.14. The van der Waals surface area contributed by atoms with Crippen molar-refractivity contribution in [3.63, 3.8) is 0 Å². The first-order valence-corrected chi connectivity index (χ1v) is 7.25. The van der Waals surface area contributed by atoms with Gasteiger partial charge in [0.05, 0.1) is 19.3 Å². The average Bonchev–Trinajstić information content (AvgIpc) is 2.86. The molecule has 1 fully saturated rings. The summed E-state index contributed by atoms with van der Waals surface area (Å²) in [4.78, 5) is 11.3. The SMILES string of the molecule is BrCC1COCCN1c1ncnc2c1CCC2. The molecule has 1 unspecified atom stereocenters. The molecule has 2 heterocycles. The number of halogens is 1. The molecule has 0 radical (unpaired) electrons. The Morgan fingerprint density at radius 2 is 2.35 bits per heavy atom. The lowest BCUT2D eigenvalue weighted by molar-refractivity contribution is 0.0999. The quantitative estimate of drug-likeness (QED) is 0.777. The second kappa shape index (κ2) is 4.90. The molecule has 0 spiro atoms. The number of hydrogen-bond acceptors (Lipinski definition) is 4. The highest BCUT2D eigenvalue weighted by molar-refractivity contribution is 9.09. The van der Waals surface area contributed by atoms with Crippen LogP contribution in [0, 0.1) is 0 Å². The molecule has 17 heavy (non-hydrogen) atoms.